The van der Waals surface area contributed by atoms with Crippen LogP contribution in [0.5, 0.6) is 0 Å². The lowest BCUT2D eigenvalue weighted by Gasteiger charge is -2.08. The van der Waals surface area contributed by atoms with Gasteiger partial charge in [-0.05, 0) is 68.9 Å². The fourth-order valence-corrected chi connectivity index (χ4v) is 3.27. The van der Waals surface area contributed by atoms with Crippen LogP contribution in [0.15, 0.2) is 97.6 Å². The van der Waals surface area contributed by atoms with Gasteiger partial charge in [-0.15, -0.1) is 0 Å². The Morgan fingerprint density at radius 2 is 1.23 bits per heavy atom. The van der Waals surface area contributed by atoms with Crippen LogP contribution in [-0.4, -0.2) is 0 Å². The minimum Gasteiger partial charge on any atom is -0.269 e. The minimum absolute atomic E-state index is 0. The molecule has 1 heteroatoms. The SMILES string of the molecule is C=C(/C=C(\C)c1ccccc1)c1ccc2cc3ccccc3cc2c1.F. The second-order valence-corrected chi connectivity index (χ2v) is 6.48. The molecule has 0 nitrogen and oxygen atoms in total. The molecule has 0 atom stereocenters. The van der Waals surface area contributed by atoms with Crippen molar-refractivity contribution in [3.8, 4) is 0 Å². The number of halogens is 1. The average molecular weight is 340 g/mol. The number of fused-ring (bicyclic) bond motifs is 2. The van der Waals surface area contributed by atoms with Gasteiger partial charge in [0.05, 0.1) is 0 Å². The topological polar surface area (TPSA) is 0 Å². The van der Waals surface area contributed by atoms with Gasteiger partial charge in [-0.25, -0.2) is 0 Å². The summed E-state index contributed by atoms with van der Waals surface area (Å²) in [6.07, 6.45) is 2.16. The number of hydrogen-bond acceptors (Lipinski definition) is 0. The molecule has 0 N–H and O–H groups in total. The van der Waals surface area contributed by atoms with Crippen molar-refractivity contribution in [2.45, 2.75) is 6.92 Å². The third-order valence-electron chi connectivity index (χ3n) is 4.70. The van der Waals surface area contributed by atoms with E-state index >= 15 is 0 Å². The summed E-state index contributed by atoms with van der Waals surface area (Å²) in [4.78, 5) is 0. The van der Waals surface area contributed by atoms with E-state index in [9.17, 15) is 0 Å². The summed E-state index contributed by atoms with van der Waals surface area (Å²) < 4.78 is 0. The van der Waals surface area contributed by atoms with Gasteiger partial charge in [-0.1, -0.05) is 79.4 Å². The van der Waals surface area contributed by atoms with Crippen molar-refractivity contribution in [3.05, 3.63) is 109 Å². The third kappa shape index (κ3) is 3.43. The molecule has 0 unspecified atom stereocenters. The highest BCUT2D eigenvalue weighted by Crippen LogP contribution is 2.27. The van der Waals surface area contributed by atoms with E-state index in [0.29, 0.717) is 0 Å². The molecule has 4 rings (SSSR count). The van der Waals surface area contributed by atoms with Crippen LogP contribution >= 0.6 is 0 Å². The Bertz CT molecular complexity index is 1100. The average Bonchev–Trinajstić information content (AvgIpc) is 2.66. The Morgan fingerprint density at radius 1 is 0.654 bits per heavy atom. The smallest absolute Gasteiger partial charge is 0.0171 e. The van der Waals surface area contributed by atoms with Gasteiger partial charge in [0, 0.05) is 0 Å². The Balaban J connectivity index is 0.00000196. The quantitative estimate of drug-likeness (QED) is 0.272. The van der Waals surface area contributed by atoms with Gasteiger partial charge in [0.25, 0.3) is 0 Å². The van der Waals surface area contributed by atoms with E-state index in [1.807, 2.05) is 6.07 Å². The Kier molecular flexibility index (Phi) is 4.99. The maximum absolute atomic E-state index is 4.28. The van der Waals surface area contributed by atoms with E-state index in [-0.39, 0.29) is 4.70 Å². The van der Waals surface area contributed by atoms with E-state index in [0.717, 1.165) is 11.1 Å². The zero-order valence-corrected chi connectivity index (χ0v) is 14.8. The number of rotatable bonds is 3. The summed E-state index contributed by atoms with van der Waals surface area (Å²) in [7, 11) is 0. The van der Waals surface area contributed by atoms with Crippen molar-refractivity contribution in [3.63, 3.8) is 0 Å². The predicted octanol–water partition coefficient (Wildman–Crippen LogP) is 7.26. The molecule has 0 saturated carbocycles. The summed E-state index contributed by atoms with van der Waals surface area (Å²) in [6, 6.07) is 30.0. The number of hydrogen-bond donors (Lipinski definition) is 0. The second-order valence-electron chi connectivity index (χ2n) is 6.48. The fourth-order valence-electron chi connectivity index (χ4n) is 3.27. The number of allylic oxidation sites excluding steroid dienone is 3. The molecule has 128 valence electrons. The Morgan fingerprint density at radius 3 is 1.92 bits per heavy atom. The van der Waals surface area contributed by atoms with Gasteiger partial charge in [-0.2, -0.15) is 0 Å². The van der Waals surface area contributed by atoms with E-state index in [2.05, 4.69) is 98.4 Å². The van der Waals surface area contributed by atoms with Crippen LogP contribution in [0, 0.1) is 0 Å². The summed E-state index contributed by atoms with van der Waals surface area (Å²) in [5.41, 5.74) is 4.66. The first-order valence-corrected chi connectivity index (χ1v) is 8.56. The lowest BCUT2D eigenvalue weighted by atomic mass is 9.97. The zero-order valence-electron chi connectivity index (χ0n) is 14.8. The molecule has 0 aliphatic heterocycles. The second kappa shape index (κ2) is 7.37. The summed E-state index contributed by atoms with van der Waals surface area (Å²) in [5, 5.41) is 5.07. The van der Waals surface area contributed by atoms with Gasteiger partial charge in [0.2, 0.25) is 0 Å². The maximum Gasteiger partial charge on any atom is -0.0171 e. The normalized spacial score (nSPS) is 11.3. The monoisotopic (exact) mass is 340 g/mol. The molecule has 0 aliphatic carbocycles. The van der Waals surface area contributed by atoms with Crippen LogP contribution in [0.25, 0.3) is 32.7 Å². The molecule has 0 radical (unpaired) electrons. The molecular formula is C25H21F. The minimum atomic E-state index is 0. The molecule has 26 heavy (non-hydrogen) atoms. The lowest BCUT2D eigenvalue weighted by Crippen LogP contribution is -1.84. The fraction of sp³-hybridized carbons (Fsp3) is 0.0400. The highest BCUT2D eigenvalue weighted by Gasteiger charge is 2.03. The van der Waals surface area contributed by atoms with Crippen LogP contribution in [0.2, 0.25) is 0 Å². The van der Waals surface area contributed by atoms with Crippen molar-refractivity contribution < 1.29 is 4.70 Å². The van der Waals surface area contributed by atoms with Crippen molar-refractivity contribution in [1.29, 1.82) is 0 Å². The first-order valence-electron chi connectivity index (χ1n) is 8.56. The highest BCUT2D eigenvalue weighted by atomic mass is 19.0. The first-order chi connectivity index (χ1) is 12.2. The molecule has 0 amide bonds. The van der Waals surface area contributed by atoms with E-state index in [4.69, 9.17) is 0 Å². The molecule has 0 saturated heterocycles. The number of benzene rings is 4. The molecule has 0 aromatic heterocycles. The van der Waals surface area contributed by atoms with Crippen molar-refractivity contribution in [2.75, 3.05) is 0 Å². The van der Waals surface area contributed by atoms with Gasteiger partial charge in [0.1, 0.15) is 0 Å². The van der Waals surface area contributed by atoms with E-state index in [1.165, 1.54) is 32.7 Å². The van der Waals surface area contributed by atoms with Gasteiger partial charge in [-0.3, -0.25) is 4.70 Å². The van der Waals surface area contributed by atoms with Gasteiger partial charge < -0.3 is 0 Å². The van der Waals surface area contributed by atoms with Crippen LogP contribution in [0.3, 0.4) is 0 Å². The van der Waals surface area contributed by atoms with E-state index in [1.54, 1.807) is 0 Å². The van der Waals surface area contributed by atoms with Crippen molar-refractivity contribution in [2.24, 2.45) is 0 Å². The molecule has 4 aromatic rings. The molecule has 0 heterocycles. The summed E-state index contributed by atoms with van der Waals surface area (Å²) in [6.45, 7) is 6.42. The lowest BCUT2D eigenvalue weighted by molar-refractivity contribution is 1.11. The molecule has 0 fully saturated rings. The van der Waals surface area contributed by atoms with Crippen LogP contribution in [0.4, 0.5) is 4.70 Å². The first kappa shape index (κ1) is 17.6. The van der Waals surface area contributed by atoms with Crippen molar-refractivity contribution >= 4 is 32.7 Å². The van der Waals surface area contributed by atoms with Crippen LogP contribution < -0.4 is 0 Å². The van der Waals surface area contributed by atoms with E-state index < -0.39 is 0 Å². The van der Waals surface area contributed by atoms with Gasteiger partial charge in [0.15, 0.2) is 0 Å². The summed E-state index contributed by atoms with van der Waals surface area (Å²) in [5.74, 6) is 0. The summed E-state index contributed by atoms with van der Waals surface area (Å²) >= 11 is 0. The predicted molar refractivity (Wildman–Crippen MR) is 113 cm³/mol. The highest BCUT2D eigenvalue weighted by molar-refractivity contribution is 5.99. The molecule has 0 aliphatic rings. The third-order valence-corrected chi connectivity index (χ3v) is 4.70. The molecule has 4 aromatic carbocycles. The van der Waals surface area contributed by atoms with Crippen LogP contribution in [0.1, 0.15) is 18.1 Å². The standard InChI is InChI=1S/C25H20.FH/c1-18(20-8-4-3-5-9-20)14-19(2)21-12-13-24-16-22-10-6-7-11-23(22)17-25(24)15-21;/h3-17H,2H2,1H3;1H/b18-14+;. The molecule has 0 bridgehead atoms. The maximum atomic E-state index is 4.28. The molecule has 0 spiro atoms. The Labute approximate surface area is 153 Å². The van der Waals surface area contributed by atoms with Gasteiger partial charge >= 0.3 is 0 Å². The van der Waals surface area contributed by atoms with Crippen molar-refractivity contribution in [1.82, 2.24) is 0 Å². The van der Waals surface area contributed by atoms with Crippen LogP contribution in [-0.2, 0) is 0 Å². The zero-order chi connectivity index (χ0) is 17.2. The Hall–Kier alpha value is -3.19. The largest absolute Gasteiger partial charge is 0.269 e. The molecular weight excluding hydrogens is 319 g/mol.